The van der Waals surface area contributed by atoms with Gasteiger partial charge in [-0.2, -0.15) is 0 Å². The van der Waals surface area contributed by atoms with Crippen molar-refractivity contribution in [1.29, 1.82) is 0 Å². The number of carbonyl (C=O) groups is 3. The number of hydrogen-bond acceptors (Lipinski definition) is 4. The Hall–Kier alpha value is -1.79. The van der Waals surface area contributed by atoms with Crippen molar-refractivity contribution in [2.45, 2.75) is 0 Å². The molecule has 1 saturated heterocycles. The lowest BCUT2D eigenvalue weighted by Crippen LogP contribution is -2.36. The smallest absolute Gasteiger partial charge is 0.294 e. The molecule has 98 valence electrons. The predicted octanol–water partition coefficient (Wildman–Crippen LogP) is 1.86. The molecule has 0 unspecified atom stereocenters. The van der Waals surface area contributed by atoms with E-state index >= 15 is 0 Å². The summed E-state index contributed by atoms with van der Waals surface area (Å²) >= 11 is 6.61. The van der Waals surface area contributed by atoms with Gasteiger partial charge in [0, 0.05) is 5.02 Å². The van der Waals surface area contributed by atoms with E-state index in [2.05, 4.69) is 0 Å². The van der Waals surface area contributed by atoms with Gasteiger partial charge in [-0.05, 0) is 35.5 Å². The molecule has 2 rings (SSSR count). The van der Waals surface area contributed by atoms with Crippen LogP contribution in [-0.2, 0) is 9.59 Å². The second-order valence-corrected chi connectivity index (χ2v) is 5.22. The van der Waals surface area contributed by atoms with Crippen molar-refractivity contribution >= 4 is 46.5 Å². The fourth-order valence-corrected chi connectivity index (χ4v) is 2.58. The number of imide groups is 1. The van der Waals surface area contributed by atoms with E-state index in [0.29, 0.717) is 10.6 Å². The van der Waals surface area contributed by atoms with Crippen LogP contribution in [0, 0.1) is 0 Å². The number of nitrogens with two attached hydrogens (primary N) is 1. The highest BCUT2D eigenvalue weighted by atomic mass is 35.5. The summed E-state index contributed by atoms with van der Waals surface area (Å²) in [6.07, 6.45) is 1.55. The Morgan fingerprint density at radius 1 is 1.42 bits per heavy atom. The first kappa shape index (κ1) is 13.6. The number of hydrogen-bond donors (Lipinski definition) is 1. The molecular formula is C12H9ClN2O3S. The number of nitrogens with zero attached hydrogens (tertiary/aromatic N) is 1. The number of primary amides is 1. The van der Waals surface area contributed by atoms with Crippen LogP contribution in [0.15, 0.2) is 29.2 Å². The second-order valence-electron chi connectivity index (χ2n) is 3.79. The van der Waals surface area contributed by atoms with Gasteiger partial charge in [-0.25, -0.2) is 0 Å². The fraction of sp³-hybridized carbons (Fsp3) is 0.0833. The van der Waals surface area contributed by atoms with Gasteiger partial charge in [0.15, 0.2) is 0 Å². The maximum Gasteiger partial charge on any atom is 0.294 e. The van der Waals surface area contributed by atoms with Crippen LogP contribution in [0.4, 0.5) is 4.79 Å². The summed E-state index contributed by atoms with van der Waals surface area (Å²) in [7, 11) is 0. The average molecular weight is 297 g/mol. The summed E-state index contributed by atoms with van der Waals surface area (Å²) in [6, 6.07) is 6.87. The highest BCUT2D eigenvalue weighted by Crippen LogP contribution is 2.32. The van der Waals surface area contributed by atoms with E-state index in [1.54, 1.807) is 30.3 Å². The Balaban J connectivity index is 2.25. The Kier molecular flexibility index (Phi) is 3.92. The molecule has 0 radical (unpaired) electrons. The molecule has 1 heterocycles. The Labute approximate surface area is 118 Å². The van der Waals surface area contributed by atoms with Gasteiger partial charge in [-0.15, -0.1) is 0 Å². The number of carbonyl (C=O) groups excluding carboxylic acids is 3. The average Bonchev–Trinajstić information content (AvgIpc) is 2.57. The van der Waals surface area contributed by atoms with Gasteiger partial charge in [0.2, 0.25) is 5.91 Å². The van der Waals surface area contributed by atoms with Crippen LogP contribution < -0.4 is 5.73 Å². The summed E-state index contributed by atoms with van der Waals surface area (Å²) in [5.41, 5.74) is 5.69. The molecule has 1 fully saturated rings. The standard InChI is InChI=1S/C12H9ClN2O3S/c13-8-3-1-2-7(4-8)5-9-11(17)15(6-10(14)16)12(18)19-9/h1-5H,6H2,(H2,14,16)/b9-5-. The minimum Gasteiger partial charge on any atom is -0.368 e. The van der Waals surface area contributed by atoms with Crippen LogP contribution in [0.25, 0.3) is 6.08 Å². The van der Waals surface area contributed by atoms with Crippen molar-refractivity contribution in [3.05, 3.63) is 39.8 Å². The first-order chi connectivity index (χ1) is 8.97. The zero-order valence-corrected chi connectivity index (χ0v) is 11.2. The second kappa shape index (κ2) is 5.46. The van der Waals surface area contributed by atoms with Crippen LogP contribution in [0.2, 0.25) is 5.02 Å². The number of amides is 3. The Morgan fingerprint density at radius 2 is 2.16 bits per heavy atom. The van der Waals surface area contributed by atoms with Gasteiger partial charge in [-0.3, -0.25) is 19.3 Å². The fourth-order valence-electron chi connectivity index (χ4n) is 1.54. The molecule has 0 atom stereocenters. The van der Waals surface area contributed by atoms with E-state index in [0.717, 1.165) is 16.7 Å². The van der Waals surface area contributed by atoms with Crippen LogP contribution >= 0.6 is 23.4 Å². The molecular weight excluding hydrogens is 288 g/mol. The molecule has 0 bridgehead atoms. The van der Waals surface area contributed by atoms with Crippen molar-refractivity contribution in [3.8, 4) is 0 Å². The van der Waals surface area contributed by atoms with E-state index in [9.17, 15) is 14.4 Å². The summed E-state index contributed by atoms with van der Waals surface area (Å²) in [5, 5.41) is 0.0298. The molecule has 5 nitrogen and oxygen atoms in total. The molecule has 7 heteroatoms. The van der Waals surface area contributed by atoms with Gasteiger partial charge < -0.3 is 5.73 Å². The monoisotopic (exact) mass is 296 g/mol. The first-order valence-electron chi connectivity index (χ1n) is 5.26. The lowest BCUT2D eigenvalue weighted by atomic mass is 10.2. The number of rotatable bonds is 3. The molecule has 0 aliphatic carbocycles. The summed E-state index contributed by atoms with van der Waals surface area (Å²) in [4.78, 5) is 35.3. The van der Waals surface area contributed by atoms with Gasteiger partial charge >= 0.3 is 0 Å². The highest BCUT2D eigenvalue weighted by molar-refractivity contribution is 8.18. The lowest BCUT2D eigenvalue weighted by Gasteiger charge is -2.08. The molecule has 0 spiro atoms. The third-order valence-corrected chi connectivity index (χ3v) is 3.48. The van der Waals surface area contributed by atoms with Gasteiger partial charge in [0.1, 0.15) is 6.54 Å². The van der Waals surface area contributed by atoms with E-state index in [1.165, 1.54) is 0 Å². The minimum absolute atomic E-state index is 0.244. The minimum atomic E-state index is -0.730. The lowest BCUT2D eigenvalue weighted by molar-refractivity contribution is -0.127. The van der Waals surface area contributed by atoms with Crippen molar-refractivity contribution < 1.29 is 14.4 Å². The molecule has 3 amide bonds. The molecule has 0 saturated carbocycles. The molecule has 1 aromatic rings. The molecule has 1 aromatic carbocycles. The van der Waals surface area contributed by atoms with Crippen molar-refractivity contribution in [2.24, 2.45) is 5.73 Å². The third-order valence-electron chi connectivity index (χ3n) is 2.33. The normalized spacial score (nSPS) is 17.3. The molecule has 1 aliphatic heterocycles. The Morgan fingerprint density at radius 3 is 2.79 bits per heavy atom. The zero-order valence-electron chi connectivity index (χ0n) is 9.63. The van der Waals surface area contributed by atoms with Crippen LogP contribution in [0.5, 0.6) is 0 Å². The highest BCUT2D eigenvalue weighted by Gasteiger charge is 2.35. The van der Waals surface area contributed by atoms with Crippen molar-refractivity contribution in [2.75, 3.05) is 6.54 Å². The summed E-state index contributed by atoms with van der Waals surface area (Å²) in [5.74, 6) is -1.25. The molecule has 19 heavy (non-hydrogen) atoms. The maximum absolute atomic E-state index is 11.9. The van der Waals surface area contributed by atoms with Gasteiger partial charge in [-0.1, -0.05) is 23.7 Å². The van der Waals surface area contributed by atoms with Gasteiger partial charge in [0.25, 0.3) is 11.1 Å². The molecule has 1 aliphatic rings. The predicted molar refractivity (Wildman–Crippen MR) is 73.3 cm³/mol. The Bertz CT molecular complexity index is 600. The largest absolute Gasteiger partial charge is 0.368 e. The summed E-state index contributed by atoms with van der Waals surface area (Å²) < 4.78 is 0. The first-order valence-corrected chi connectivity index (χ1v) is 6.46. The van der Waals surface area contributed by atoms with E-state index in [-0.39, 0.29) is 4.91 Å². The van der Waals surface area contributed by atoms with Gasteiger partial charge in [0.05, 0.1) is 4.91 Å². The summed E-state index contributed by atoms with van der Waals surface area (Å²) in [6.45, 7) is -0.405. The van der Waals surface area contributed by atoms with Crippen LogP contribution in [-0.4, -0.2) is 28.5 Å². The van der Waals surface area contributed by atoms with Crippen LogP contribution in [0.3, 0.4) is 0 Å². The topological polar surface area (TPSA) is 80.5 Å². The van der Waals surface area contributed by atoms with E-state index in [4.69, 9.17) is 17.3 Å². The number of halogens is 1. The van der Waals surface area contributed by atoms with Crippen molar-refractivity contribution in [1.82, 2.24) is 4.90 Å². The SMILES string of the molecule is NC(=O)CN1C(=O)S/C(=C\c2cccc(Cl)c2)C1=O. The van der Waals surface area contributed by atoms with E-state index in [1.807, 2.05) is 0 Å². The van der Waals surface area contributed by atoms with E-state index < -0.39 is 23.6 Å². The number of thioether (sulfide) groups is 1. The molecule has 2 N–H and O–H groups in total. The third kappa shape index (κ3) is 3.15. The van der Waals surface area contributed by atoms with Crippen LogP contribution in [0.1, 0.15) is 5.56 Å². The number of benzene rings is 1. The maximum atomic E-state index is 11.9. The zero-order chi connectivity index (χ0) is 14.0. The quantitative estimate of drug-likeness (QED) is 0.863. The molecule has 0 aromatic heterocycles. The van der Waals surface area contributed by atoms with Crippen molar-refractivity contribution in [3.63, 3.8) is 0 Å².